The van der Waals surface area contributed by atoms with E-state index >= 15 is 0 Å². The van der Waals surface area contributed by atoms with Gasteiger partial charge in [0.25, 0.3) is 0 Å². The number of hydrogen-bond acceptors (Lipinski definition) is 4. The molecule has 0 saturated carbocycles. The number of hydrogen-bond donors (Lipinski definition) is 1. The molecule has 0 fully saturated rings. The van der Waals surface area contributed by atoms with E-state index in [-0.39, 0.29) is 6.61 Å². The van der Waals surface area contributed by atoms with Crippen LogP contribution in [0.1, 0.15) is 5.69 Å². The molecule has 1 N–H and O–H groups in total. The van der Waals surface area contributed by atoms with Crippen LogP contribution in [0, 0.1) is 0 Å². The molecule has 2 rings (SSSR count). The first-order valence-corrected chi connectivity index (χ1v) is 3.83. The van der Waals surface area contributed by atoms with Crippen LogP contribution in [0.25, 0.3) is 11.5 Å². The van der Waals surface area contributed by atoms with Crippen LogP contribution < -0.4 is 0 Å². The molecule has 0 radical (unpaired) electrons. The van der Waals surface area contributed by atoms with Crippen molar-refractivity contribution in [1.82, 2.24) is 14.5 Å². The average Bonchev–Trinajstić information content (AvgIpc) is 2.71. The maximum absolute atomic E-state index is 8.94. The Hall–Kier alpha value is -1.62. The van der Waals surface area contributed by atoms with Gasteiger partial charge in [0.2, 0.25) is 0 Å². The van der Waals surface area contributed by atoms with Gasteiger partial charge in [0.1, 0.15) is 11.4 Å². The Morgan fingerprint density at radius 3 is 3.08 bits per heavy atom. The molecule has 0 unspecified atom stereocenters. The Kier molecular flexibility index (Phi) is 1.86. The van der Waals surface area contributed by atoms with Crippen molar-refractivity contribution in [2.45, 2.75) is 6.61 Å². The van der Waals surface area contributed by atoms with E-state index in [1.165, 1.54) is 6.39 Å². The van der Waals surface area contributed by atoms with Crippen LogP contribution in [0.5, 0.6) is 0 Å². The summed E-state index contributed by atoms with van der Waals surface area (Å²) >= 11 is 0. The Labute approximate surface area is 74.7 Å². The average molecular weight is 179 g/mol. The number of aromatic nitrogens is 3. The second-order valence-electron chi connectivity index (χ2n) is 2.68. The fourth-order valence-electron chi connectivity index (χ4n) is 1.17. The van der Waals surface area contributed by atoms with E-state index in [1.807, 2.05) is 7.05 Å². The molecule has 0 aliphatic carbocycles. The van der Waals surface area contributed by atoms with E-state index in [0.717, 1.165) is 5.69 Å². The van der Waals surface area contributed by atoms with Crippen LogP contribution in [0.15, 0.2) is 23.3 Å². The van der Waals surface area contributed by atoms with Crippen LogP contribution in [-0.4, -0.2) is 19.6 Å². The zero-order valence-electron chi connectivity index (χ0n) is 7.14. The molecule has 0 aromatic carbocycles. The van der Waals surface area contributed by atoms with Gasteiger partial charge in [0, 0.05) is 7.05 Å². The van der Waals surface area contributed by atoms with Crippen molar-refractivity contribution >= 4 is 0 Å². The lowest BCUT2D eigenvalue weighted by molar-refractivity contribution is 0.277. The Bertz CT molecular complexity index is 405. The van der Waals surface area contributed by atoms with Crippen molar-refractivity contribution in [3.05, 3.63) is 24.6 Å². The van der Waals surface area contributed by atoms with E-state index in [0.29, 0.717) is 11.5 Å². The molecule has 13 heavy (non-hydrogen) atoms. The molecule has 5 nitrogen and oxygen atoms in total. The van der Waals surface area contributed by atoms with Gasteiger partial charge in [-0.1, -0.05) is 0 Å². The minimum Gasteiger partial charge on any atom is -0.441 e. The van der Waals surface area contributed by atoms with Crippen molar-refractivity contribution in [3.63, 3.8) is 0 Å². The largest absolute Gasteiger partial charge is 0.441 e. The first-order chi connectivity index (χ1) is 6.33. The zero-order valence-corrected chi connectivity index (χ0v) is 7.14. The van der Waals surface area contributed by atoms with Crippen LogP contribution in [0.4, 0.5) is 0 Å². The summed E-state index contributed by atoms with van der Waals surface area (Å²) in [5, 5.41) is 8.94. The van der Waals surface area contributed by atoms with Gasteiger partial charge < -0.3 is 14.1 Å². The van der Waals surface area contributed by atoms with Crippen molar-refractivity contribution in [2.24, 2.45) is 7.05 Å². The van der Waals surface area contributed by atoms with Gasteiger partial charge in [0.15, 0.2) is 12.2 Å². The molecule has 0 saturated heterocycles. The SMILES string of the molecule is Cn1cncc1-c1ocnc1CO. The first kappa shape index (κ1) is 8.00. The van der Waals surface area contributed by atoms with Crippen LogP contribution in [0.3, 0.4) is 0 Å². The lowest BCUT2D eigenvalue weighted by Gasteiger charge is -1.98. The third-order valence-corrected chi connectivity index (χ3v) is 1.84. The molecular weight excluding hydrogens is 170 g/mol. The first-order valence-electron chi connectivity index (χ1n) is 3.83. The van der Waals surface area contributed by atoms with E-state index in [1.54, 1.807) is 17.1 Å². The highest BCUT2D eigenvalue weighted by Gasteiger charge is 2.12. The minimum absolute atomic E-state index is 0.128. The molecule has 2 aromatic heterocycles. The normalized spacial score (nSPS) is 10.6. The van der Waals surface area contributed by atoms with Crippen molar-refractivity contribution in [1.29, 1.82) is 0 Å². The van der Waals surface area contributed by atoms with Gasteiger partial charge >= 0.3 is 0 Å². The van der Waals surface area contributed by atoms with Gasteiger partial charge in [0.05, 0.1) is 19.1 Å². The zero-order chi connectivity index (χ0) is 9.26. The maximum Gasteiger partial charge on any atom is 0.181 e. The van der Waals surface area contributed by atoms with Crippen LogP contribution >= 0.6 is 0 Å². The number of nitrogens with zero attached hydrogens (tertiary/aromatic N) is 3. The van der Waals surface area contributed by atoms with Crippen molar-refractivity contribution in [2.75, 3.05) is 0 Å². The van der Waals surface area contributed by atoms with Crippen molar-refractivity contribution < 1.29 is 9.52 Å². The number of rotatable bonds is 2. The van der Waals surface area contributed by atoms with Gasteiger partial charge in [-0.05, 0) is 0 Å². The monoisotopic (exact) mass is 179 g/mol. The van der Waals surface area contributed by atoms with E-state index in [4.69, 9.17) is 9.52 Å². The summed E-state index contributed by atoms with van der Waals surface area (Å²) in [4.78, 5) is 7.82. The quantitative estimate of drug-likeness (QED) is 0.731. The predicted octanol–water partition coefficient (Wildman–Crippen LogP) is 0.567. The summed E-state index contributed by atoms with van der Waals surface area (Å²) in [7, 11) is 1.85. The standard InChI is InChI=1S/C8H9N3O2/c1-11-4-9-2-7(11)8-6(3-12)10-5-13-8/h2,4-5,12H,3H2,1H3. The molecule has 68 valence electrons. The van der Waals surface area contributed by atoms with E-state index < -0.39 is 0 Å². The highest BCUT2D eigenvalue weighted by molar-refractivity contribution is 5.53. The summed E-state index contributed by atoms with van der Waals surface area (Å²) in [6.07, 6.45) is 4.65. The Morgan fingerprint density at radius 1 is 1.62 bits per heavy atom. The summed E-state index contributed by atoms with van der Waals surface area (Å²) in [5.41, 5.74) is 1.34. The smallest absolute Gasteiger partial charge is 0.181 e. The van der Waals surface area contributed by atoms with Crippen LogP contribution in [0.2, 0.25) is 0 Å². The lowest BCUT2D eigenvalue weighted by atomic mass is 10.3. The maximum atomic E-state index is 8.94. The molecule has 2 aromatic rings. The molecule has 0 aliphatic rings. The second-order valence-corrected chi connectivity index (χ2v) is 2.68. The summed E-state index contributed by atoms with van der Waals surface area (Å²) < 4.78 is 6.95. The number of aryl methyl sites for hydroxylation is 1. The minimum atomic E-state index is -0.128. The van der Waals surface area contributed by atoms with Gasteiger partial charge in [-0.25, -0.2) is 9.97 Å². The number of aliphatic hydroxyl groups is 1. The van der Waals surface area contributed by atoms with Gasteiger partial charge in [-0.3, -0.25) is 0 Å². The molecule has 0 aliphatic heterocycles. The highest BCUT2D eigenvalue weighted by atomic mass is 16.3. The van der Waals surface area contributed by atoms with E-state index in [9.17, 15) is 0 Å². The fourth-order valence-corrected chi connectivity index (χ4v) is 1.17. The Morgan fingerprint density at radius 2 is 2.46 bits per heavy atom. The fraction of sp³-hybridized carbons (Fsp3) is 0.250. The Balaban J connectivity index is 2.52. The van der Waals surface area contributed by atoms with E-state index in [2.05, 4.69) is 9.97 Å². The number of imidazole rings is 1. The van der Waals surface area contributed by atoms with Crippen LogP contribution in [-0.2, 0) is 13.7 Å². The molecule has 5 heteroatoms. The van der Waals surface area contributed by atoms with Gasteiger partial charge in [-0.15, -0.1) is 0 Å². The topological polar surface area (TPSA) is 64.1 Å². The summed E-state index contributed by atoms with van der Waals surface area (Å²) in [6, 6.07) is 0. The summed E-state index contributed by atoms with van der Waals surface area (Å²) in [5.74, 6) is 0.572. The predicted molar refractivity (Wildman–Crippen MR) is 44.6 cm³/mol. The lowest BCUT2D eigenvalue weighted by Crippen LogP contribution is -1.92. The third-order valence-electron chi connectivity index (χ3n) is 1.84. The molecule has 0 atom stereocenters. The third kappa shape index (κ3) is 1.23. The summed E-state index contributed by atoms with van der Waals surface area (Å²) in [6.45, 7) is -0.128. The second kappa shape index (κ2) is 3.02. The molecular formula is C8H9N3O2. The molecule has 0 bridgehead atoms. The molecule has 2 heterocycles. The highest BCUT2D eigenvalue weighted by Crippen LogP contribution is 2.21. The number of aliphatic hydroxyl groups excluding tert-OH is 1. The van der Waals surface area contributed by atoms with Crippen molar-refractivity contribution in [3.8, 4) is 11.5 Å². The van der Waals surface area contributed by atoms with Gasteiger partial charge in [-0.2, -0.15) is 0 Å². The molecule has 0 amide bonds. The molecule has 0 spiro atoms. The number of oxazole rings is 1.